The van der Waals surface area contributed by atoms with Crippen molar-refractivity contribution in [2.24, 2.45) is 0 Å². The number of rotatable bonds is 10. The summed E-state index contributed by atoms with van der Waals surface area (Å²) in [6.07, 6.45) is 14.8. The highest BCUT2D eigenvalue weighted by Crippen LogP contribution is 2.23. The Balaban J connectivity index is 1.53. The lowest BCUT2D eigenvalue weighted by molar-refractivity contribution is 0.182. The third-order valence-corrected chi connectivity index (χ3v) is 4.79. The van der Waals surface area contributed by atoms with Crippen LogP contribution in [-0.4, -0.2) is 17.8 Å². The van der Waals surface area contributed by atoms with Crippen molar-refractivity contribution in [2.75, 3.05) is 11.6 Å². The maximum atomic E-state index is 9.29. The first kappa shape index (κ1) is 21.5. The lowest BCUT2D eigenvalue weighted by atomic mass is 10.1. The number of benzene rings is 2. The van der Waals surface area contributed by atoms with Gasteiger partial charge >= 0.3 is 0 Å². The second-order valence-electron chi connectivity index (χ2n) is 7.31. The zero-order valence-electron chi connectivity index (χ0n) is 17.5. The number of ether oxygens (including phenoxy) is 1. The standard InChI is InChI=1S/C26H30N2O2/c1-3-19-30-26-15-11-23(12-16-26)24-17-18-28(27-20-24)25-13-9-22(10-14-25)8-6-4-5-7-21(2)29/h3,6,8-18,20-21,27,29H,1,4-5,7,19H2,2H3. The predicted octanol–water partition coefficient (Wildman–Crippen LogP) is 5.70. The first-order chi connectivity index (χ1) is 14.7. The van der Waals surface area contributed by atoms with Crippen molar-refractivity contribution in [3.63, 3.8) is 0 Å². The molecule has 0 saturated carbocycles. The molecule has 0 radical (unpaired) electrons. The predicted molar refractivity (Wildman–Crippen MR) is 126 cm³/mol. The van der Waals surface area contributed by atoms with E-state index in [0.29, 0.717) is 6.61 Å². The Bertz CT molecular complexity index is 894. The first-order valence-corrected chi connectivity index (χ1v) is 10.4. The third kappa shape index (κ3) is 6.39. The number of nitrogens with zero attached hydrogens (tertiary/aromatic N) is 1. The molecule has 156 valence electrons. The van der Waals surface area contributed by atoms with Gasteiger partial charge in [-0.1, -0.05) is 49.1 Å². The molecule has 0 aliphatic carbocycles. The van der Waals surface area contributed by atoms with E-state index in [1.807, 2.05) is 48.6 Å². The molecule has 2 aromatic rings. The largest absolute Gasteiger partial charge is 0.490 e. The zero-order valence-corrected chi connectivity index (χ0v) is 17.5. The van der Waals surface area contributed by atoms with E-state index in [4.69, 9.17) is 4.74 Å². The van der Waals surface area contributed by atoms with Crippen molar-refractivity contribution in [1.29, 1.82) is 0 Å². The van der Waals surface area contributed by atoms with E-state index >= 15 is 0 Å². The molecule has 2 N–H and O–H groups in total. The normalized spacial score (nSPS) is 14.3. The molecule has 0 aromatic heterocycles. The summed E-state index contributed by atoms with van der Waals surface area (Å²) in [7, 11) is 0. The summed E-state index contributed by atoms with van der Waals surface area (Å²) in [6.45, 7) is 6.00. The minimum atomic E-state index is -0.215. The lowest BCUT2D eigenvalue weighted by Gasteiger charge is -2.24. The van der Waals surface area contributed by atoms with Gasteiger partial charge < -0.3 is 15.3 Å². The van der Waals surface area contributed by atoms with E-state index < -0.39 is 0 Å². The number of hydrogen-bond donors (Lipinski definition) is 2. The van der Waals surface area contributed by atoms with Crippen LogP contribution in [0, 0.1) is 0 Å². The number of aliphatic hydroxyl groups excluding tert-OH is 1. The van der Waals surface area contributed by atoms with Crippen LogP contribution in [0.3, 0.4) is 0 Å². The van der Waals surface area contributed by atoms with Crippen LogP contribution < -0.4 is 15.2 Å². The highest BCUT2D eigenvalue weighted by Gasteiger charge is 2.08. The average Bonchev–Trinajstić information content (AvgIpc) is 2.78. The van der Waals surface area contributed by atoms with Gasteiger partial charge in [-0.25, -0.2) is 0 Å². The summed E-state index contributed by atoms with van der Waals surface area (Å²) in [5, 5.41) is 11.3. The summed E-state index contributed by atoms with van der Waals surface area (Å²) >= 11 is 0. The molecule has 4 nitrogen and oxygen atoms in total. The quantitative estimate of drug-likeness (QED) is 0.395. The minimum absolute atomic E-state index is 0.215. The maximum absolute atomic E-state index is 9.29. The van der Waals surface area contributed by atoms with Crippen molar-refractivity contribution in [1.82, 2.24) is 5.43 Å². The van der Waals surface area contributed by atoms with Crippen LogP contribution in [0.4, 0.5) is 5.69 Å². The fraction of sp³-hybridized carbons (Fsp3) is 0.231. The number of anilines is 1. The van der Waals surface area contributed by atoms with Crippen molar-refractivity contribution >= 4 is 17.3 Å². The Kier molecular flexibility index (Phi) is 7.93. The van der Waals surface area contributed by atoms with Crippen LogP contribution in [0.2, 0.25) is 0 Å². The molecule has 3 rings (SSSR count). The second kappa shape index (κ2) is 11.1. The van der Waals surface area contributed by atoms with Gasteiger partial charge in [0.05, 0.1) is 11.8 Å². The molecule has 1 aliphatic heterocycles. The summed E-state index contributed by atoms with van der Waals surface area (Å²) in [5.74, 6) is 0.839. The molecule has 0 amide bonds. The smallest absolute Gasteiger partial charge is 0.119 e. The van der Waals surface area contributed by atoms with E-state index in [-0.39, 0.29) is 6.10 Å². The Morgan fingerprint density at radius 2 is 1.90 bits per heavy atom. The zero-order chi connectivity index (χ0) is 21.2. The molecule has 1 atom stereocenters. The van der Waals surface area contributed by atoms with Gasteiger partial charge in [-0.05, 0) is 67.7 Å². The van der Waals surface area contributed by atoms with Crippen LogP contribution >= 0.6 is 0 Å². The Labute approximate surface area is 179 Å². The number of hydrogen-bond acceptors (Lipinski definition) is 4. The maximum Gasteiger partial charge on any atom is 0.119 e. The molecular weight excluding hydrogens is 372 g/mol. The third-order valence-electron chi connectivity index (χ3n) is 4.79. The van der Waals surface area contributed by atoms with Gasteiger partial charge in [0.25, 0.3) is 0 Å². The SMILES string of the molecule is C=CCOc1ccc(C2=CNN(c3ccc(C=CCCCC(C)O)cc3)C=C2)cc1. The first-order valence-electron chi connectivity index (χ1n) is 10.4. The molecule has 0 saturated heterocycles. The van der Waals surface area contributed by atoms with Crippen molar-refractivity contribution < 1.29 is 9.84 Å². The molecule has 0 bridgehead atoms. The number of unbranched alkanes of at least 4 members (excludes halogenated alkanes) is 1. The van der Waals surface area contributed by atoms with Gasteiger partial charge in [0.15, 0.2) is 0 Å². The van der Waals surface area contributed by atoms with Gasteiger partial charge in [-0.3, -0.25) is 5.01 Å². The van der Waals surface area contributed by atoms with Crippen LogP contribution in [-0.2, 0) is 0 Å². The highest BCUT2D eigenvalue weighted by molar-refractivity contribution is 5.76. The molecule has 30 heavy (non-hydrogen) atoms. The topological polar surface area (TPSA) is 44.7 Å². The lowest BCUT2D eigenvalue weighted by Crippen LogP contribution is -2.30. The molecule has 0 fully saturated rings. The Morgan fingerprint density at radius 3 is 2.53 bits per heavy atom. The molecule has 0 spiro atoms. The van der Waals surface area contributed by atoms with Crippen LogP contribution in [0.25, 0.3) is 11.6 Å². The van der Waals surface area contributed by atoms with E-state index in [2.05, 4.69) is 54.5 Å². The molecule has 2 aromatic carbocycles. The number of hydrazine groups is 1. The van der Waals surface area contributed by atoms with E-state index in [1.54, 1.807) is 6.08 Å². The summed E-state index contributed by atoms with van der Waals surface area (Å²) in [6, 6.07) is 16.4. The number of allylic oxidation sites excluding steroid dienone is 3. The van der Waals surface area contributed by atoms with Gasteiger partial charge in [0, 0.05) is 18.0 Å². The van der Waals surface area contributed by atoms with Crippen LogP contribution in [0.1, 0.15) is 37.3 Å². The summed E-state index contributed by atoms with van der Waals surface area (Å²) < 4.78 is 5.53. The van der Waals surface area contributed by atoms with Crippen molar-refractivity contribution in [3.8, 4) is 5.75 Å². The van der Waals surface area contributed by atoms with Crippen LogP contribution in [0.15, 0.2) is 85.7 Å². The van der Waals surface area contributed by atoms with E-state index in [9.17, 15) is 5.11 Å². The molecule has 1 aliphatic rings. The summed E-state index contributed by atoms with van der Waals surface area (Å²) in [4.78, 5) is 0. The van der Waals surface area contributed by atoms with Gasteiger partial charge in [0.2, 0.25) is 0 Å². The van der Waals surface area contributed by atoms with Crippen molar-refractivity contribution in [2.45, 2.75) is 32.3 Å². The average molecular weight is 403 g/mol. The van der Waals surface area contributed by atoms with Gasteiger partial charge in [-0.2, -0.15) is 0 Å². The van der Waals surface area contributed by atoms with E-state index in [0.717, 1.165) is 41.8 Å². The molecular formula is C26H30N2O2. The number of nitrogens with one attached hydrogen (secondary N) is 1. The minimum Gasteiger partial charge on any atom is -0.490 e. The highest BCUT2D eigenvalue weighted by atomic mass is 16.5. The molecule has 1 heterocycles. The Morgan fingerprint density at radius 1 is 1.13 bits per heavy atom. The van der Waals surface area contributed by atoms with Gasteiger partial charge in [0.1, 0.15) is 12.4 Å². The molecule has 4 heteroatoms. The number of aliphatic hydroxyl groups is 1. The summed E-state index contributed by atoms with van der Waals surface area (Å²) in [5.41, 5.74) is 7.80. The fourth-order valence-corrected chi connectivity index (χ4v) is 3.12. The van der Waals surface area contributed by atoms with Crippen molar-refractivity contribution in [3.05, 3.63) is 96.9 Å². The monoisotopic (exact) mass is 402 g/mol. The molecule has 1 unspecified atom stereocenters. The van der Waals surface area contributed by atoms with E-state index in [1.165, 1.54) is 5.56 Å². The fourth-order valence-electron chi connectivity index (χ4n) is 3.12. The van der Waals surface area contributed by atoms with Crippen LogP contribution in [0.5, 0.6) is 5.75 Å². The second-order valence-corrected chi connectivity index (χ2v) is 7.31. The van der Waals surface area contributed by atoms with Gasteiger partial charge in [-0.15, -0.1) is 0 Å². The Hall–Kier alpha value is -3.24.